The van der Waals surface area contributed by atoms with E-state index in [1.807, 2.05) is 6.92 Å². The van der Waals surface area contributed by atoms with E-state index in [0.717, 1.165) is 6.42 Å². The molecule has 0 spiro atoms. The van der Waals surface area contributed by atoms with E-state index in [9.17, 15) is 49.5 Å². The molecule has 0 saturated carbocycles. The van der Waals surface area contributed by atoms with Gasteiger partial charge in [0.1, 0.15) is 41.8 Å². The summed E-state index contributed by atoms with van der Waals surface area (Å²) in [4.78, 5) is 70.5. The summed E-state index contributed by atoms with van der Waals surface area (Å²) in [6.07, 6.45) is -7.55. The molecule has 3 aliphatic rings. The van der Waals surface area contributed by atoms with Crippen molar-refractivity contribution in [3.63, 3.8) is 0 Å². The third-order valence-electron chi connectivity index (χ3n) is 10.6. The Kier molecular flexibility index (Phi) is 12.6. The van der Waals surface area contributed by atoms with E-state index >= 15 is 0 Å². The summed E-state index contributed by atoms with van der Waals surface area (Å²) in [5.41, 5.74) is 0.0911. The molecule has 1 aliphatic heterocycles. The maximum atomic E-state index is 13.9. The number of fused-ring (bicyclic) bond motifs is 3. The molecule has 3 aromatic carbocycles. The van der Waals surface area contributed by atoms with Crippen molar-refractivity contribution in [2.75, 3.05) is 20.3 Å². The molecule has 1 saturated heterocycles. The third-order valence-corrected chi connectivity index (χ3v) is 10.6. The van der Waals surface area contributed by atoms with Crippen LogP contribution in [0.15, 0.2) is 30.3 Å². The quantitative estimate of drug-likeness (QED) is 0.0615. The highest BCUT2D eigenvalue weighted by atomic mass is 16.8. The first kappa shape index (κ1) is 43.0. The Balaban J connectivity index is 1.20. The van der Waals surface area contributed by atoms with Crippen LogP contribution >= 0.6 is 0 Å². The van der Waals surface area contributed by atoms with Crippen LogP contribution in [0.2, 0.25) is 0 Å². The summed E-state index contributed by atoms with van der Waals surface area (Å²) >= 11 is 0. The molecule has 1 heterocycles. The summed E-state index contributed by atoms with van der Waals surface area (Å²) in [5, 5.41) is 58.2. The van der Waals surface area contributed by atoms with Crippen LogP contribution in [0.5, 0.6) is 23.0 Å². The van der Waals surface area contributed by atoms with E-state index in [-0.39, 0.29) is 41.0 Å². The summed E-state index contributed by atoms with van der Waals surface area (Å²) in [5.74, 6) is -3.82. The average Bonchev–Trinajstić information content (AvgIpc) is 3.20. The number of ketones is 3. The van der Waals surface area contributed by atoms with Gasteiger partial charge in [-0.15, -0.1) is 5.48 Å². The summed E-state index contributed by atoms with van der Waals surface area (Å²) in [6, 6.07) is 6.59. The maximum absolute atomic E-state index is 13.9. The minimum atomic E-state index is -2.37. The van der Waals surface area contributed by atoms with Gasteiger partial charge >= 0.3 is 12.2 Å². The molecule has 0 aromatic heterocycles. The molecule has 1 amide bonds. The largest absolute Gasteiger partial charge is 0.528 e. The van der Waals surface area contributed by atoms with Crippen molar-refractivity contribution < 1.29 is 78.0 Å². The van der Waals surface area contributed by atoms with Crippen molar-refractivity contribution >= 4 is 29.6 Å². The minimum Gasteiger partial charge on any atom is -0.507 e. The molecule has 59 heavy (non-hydrogen) atoms. The van der Waals surface area contributed by atoms with Crippen LogP contribution in [0, 0.1) is 13.8 Å². The fraction of sp³-hybridized carbons (Fsp3) is 0.439. The highest BCUT2D eigenvalue weighted by molar-refractivity contribution is 6.31. The number of ether oxygens (including phenoxy) is 5. The molecule has 0 radical (unpaired) electrons. The number of aliphatic hydroxyl groups excluding tert-OH is 2. The molecule has 316 valence electrons. The van der Waals surface area contributed by atoms with Gasteiger partial charge < -0.3 is 59.4 Å². The number of benzene rings is 3. The van der Waals surface area contributed by atoms with Crippen molar-refractivity contribution in [3.8, 4) is 23.0 Å². The second kappa shape index (κ2) is 17.3. The van der Waals surface area contributed by atoms with E-state index in [1.54, 1.807) is 26.0 Å². The molecule has 1 fully saturated rings. The van der Waals surface area contributed by atoms with Crippen LogP contribution in [-0.2, 0) is 36.9 Å². The normalized spacial score (nSPS) is 23.4. The minimum absolute atomic E-state index is 0.0470. The van der Waals surface area contributed by atoms with Crippen LogP contribution in [0.3, 0.4) is 0 Å². The lowest BCUT2D eigenvalue weighted by atomic mass is 9.72. The second-order valence-corrected chi connectivity index (χ2v) is 14.7. The fourth-order valence-corrected chi connectivity index (χ4v) is 7.77. The Hall–Kier alpha value is -5.63. The molecular weight excluding hydrogens is 776 g/mol. The molecule has 18 heteroatoms. The molecule has 0 bridgehead atoms. The topological polar surface area (TPSA) is 266 Å². The second-order valence-electron chi connectivity index (χ2n) is 14.7. The van der Waals surface area contributed by atoms with Gasteiger partial charge in [0, 0.05) is 42.5 Å². The summed E-state index contributed by atoms with van der Waals surface area (Å²) in [6.45, 7) is 6.02. The number of hydrogen-bond acceptors (Lipinski definition) is 17. The number of phenols is 2. The Morgan fingerprint density at radius 2 is 1.71 bits per heavy atom. The zero-order chi connectivity index (χ0) is 42.9. The molecule has 2 unspecified atom stereocenters. The van der Waals surface area contributed by atoms with Crippen LogP contribution in [0.4, 0.5) is 9.59 Å². The van der Waals surface area contributed by atoms with Gasteiger partial charge in [0.15, 0.2) is 17.9 Å². The molecule has 6 atom stereocenters. The number of carbonyl (C=O) groups excluding carboxylic acids is 5. The van der Waals surface area contributed by atoms with Gasteiger partial charge in [-0.1, -0.05) is 19.1 Å². The van der Waals surface area contributed by atoms with Crippen LogP contribution in [-0.4, -0.2) is 106 Å². The van der Waals surface area contributed by atoms with Gasteiger partial charge in [-0.25, -0.2) is 9.59 Å². The van der Waals surface area contributed by atoms with Gasteiger partial charge in [0.2, 0.25) is 5.78 Å². The van der Waals surface area contributed by atoms with Gasteiger partial charge in [-0.2, -0.15) is 0 Å². The van der Waals surface area contributed by atoms with Gasteiger partial charge in [0.05, 0.1) is 48.2 Å². The predicted octanol–water partition coefficient (Wildman–Crippen LogP) is 3.02. The molecule has 18 nitrogen and oxygen atoms in total. The number of methoxy groups -OCH3 is 1. The lowest BCUT2D eigenvalue weighted by Crippen LogP contribution is -2.55. The Labute approximate surface area is 337 Å². The van der Waals surface area contributed by atoms with Crippen molar-refractivity contribution in [1.29, 1.82) is 0 Å². The zero-order valence-electron chi connectivity index (χ0n) is 33.0. The van der Waals surface area contributed by atoms with Gasteiger partial charge in [-0.05, 0) is 62.1 Å². The van der Waals surface area contributed by atoms with E-state index in [4.69, 9.17) is 28.5 Å². The number of hydroxylamine groups is 1. The molecule has 3 aromatic rings. The van der Waals surface area contributed by atoms with Gasteiger partial charge in [-0.3, -0.25) is 14.4 Å². The van der Waals surface area contributed by atoms with E-state index in [2.05, 4.69) is 10.8 Å². The first-order valence-corrected chi connectivity index (χ1v) is 18.9. The number of aryl methyl sites for hydroxylation is 2. The SMILES string of the molecule is CCCNC(=O)Oc1c(C)cc(COC(=O)ONC2C[C@@H](O[C@H]3C[C@](O)(C(=O)CO)Cc4c(O)c5c(c(O)c43)C(=O)c3c(OC)cccc3C5=O)O[C@H](C)C2O)cc1C. The number of hydrogen-bond donors (Lipinski definition) is 7. The number of amides is 1. The van der Waals surface area contributed by atoms with E-state index in [0.29, 0.717) is 29.0 Å². The number of aromatic hydroxyl groups is 2. The highest BCUT2D eigenvalue weighted by Crippen LogP contribution is 2.52. The number of carbonyl (C=O) groups is 5. The zero-order valence-corrected chi connectivity index (χ0v) is 33.0. The first-order valence-electron chi connectivity index (χ1n) is 18.9. The lowest BCUT2D eigenvalue weighted by molar-refractivity contribution is -0.256. The molecular formula is C41H46N2O16. The number of rotatable bonds is 12. The smallest absolute Gasteiger partial charge is 0.507 e. The Morgan fingerprint density at radius 3 is 2.37 bits per heavy atom. The third kappa shape index (κ3) is 8.32. The van der Waals surface area contributed by atoms with Crippen molar-refractivity contribution in [3.05, 3.63) is 80.4 Å². The van der Waals surface area contributed by atoms with Crippen LogP contribution in [0.25, 0.3) is 0 Å². The van der Waals surface area contributed by atoms with Gasteiger partial charge in [0.25, 0.3) is 0 Å². The van der Waals surface area contributed by atoms with Crippen molar-refractivity contribution in [1.82, 2.24) is 10.8 Å². The average molecular weight is 823 g/mol. The van der Waals surface area contributed by atoms with Crippen LogP contribution in [0.1, 0.15) is 98.9 Å². The highest BCUT2D eigenvalue weighted by Gasteiger charge is 2.50. The maximum Gasteiger partial charge on any atom is 0.528 e. The fourth-order valence-electron chi connectivity index (χ4n) is 7.77. The monoisotopic (exact) mass is 822 g/mol. The molecule has 6 rings (SSSR count). The predicted molar refractivity (Wildman–Crippen MR) is 202 cm³/mol. The molecule has 7 N–H and O–H groups in total. The number of phenolic OH excluding ortho intramolecular Hbond substituents is 2. The van der Waals surface area contributed by atoms with E-state index < -0.39 is 108 Å². The Bertz CT molecular complexity index is 2170. The Morgan fingerprint density at radius 1 is 1.02 bits per heavy atom. The lowest BCUT2D eigenvalue weighted by Gasteiger charge is -2.42. The first-order chi connectivity index (χ1) is 28.0. The summed E-state index contributed by atoms with van der Waals surface area (Å²) in [7, 11) is 1.30. The van der Waals surface area contributed by atoms with Crippen molar-refractivity contribution in [2.24, 2.45) is 0 Å². The summed E-state index contributed by atoms with van der Waals surface area (Å²) < 4.78 is 28.1. The standard InChI is InChI=1S/C41H46N2O16/c1-6-10-42-39(51)58-38-18(2)11-21(12-19(38)3)17-55-40(52)59-43-24-13-28(56-20(4)33(24)46)57-26-15-41(53,27(45)16-44)14-23-30(26)37(50)32-31(35(23)48)34(47)22-8-7-9-25(54-5)29(22)36(32)49/h7-9,11-12,20,24,26,28,33,43-44,46,48,50,53H,6,10,13-17H2,1-5H3,(H,42,51)/t20-,24?,26+,28-,33?,41+/m1/s1. The number of aliphatic hydroxyl groups is 3. The number of Topliss-reactive ketones (excluding diaryl/α,β-unsaturated/α-hetero) is 1. The molecule has 2 aliphatic carbocycles. The number of nitrogens with one attached hydrogen (secondary N) is 2. The van der Waals surface area contributed by atoms with E-state index in [1.165, 1.54) is 32.2 Å². The van der Waals surface area contributed by atoms with Crippen LogP contribution < -0.4 is 20.3 Å². The van der Waals surface area contributed by atoms with Crippen molar-refractivity contribution in [2.45, 2.75) is 96.2 Å².